The summed E-state index contributed by atoms with van der Waals surface area (Å²) in [5.41, 5.74) is 12.5. The number of aromatic nitrogens is 5. The number of aromatic amines is 1. The van der Waals surface area contributed by atoms with E-state index in [-0.39, 0.29) is 34.8 Å². The van der Waals surface area contributed by atoms with Crippen molar-refractivity contribution in [2.75, 3.05) is 12.8 Å². The highest BCUT2D eigenvalue weighted by Crippen LogP contribution is 2.38. The van der Waals surface area contributed by atoms with Crippen molar-refractivity contribution in [2.45, 2.75) is 25.7 Å². The van der Waals surface area contributed by atoms with E-state index >= 15 is 0 Å². The molecule has 3 heterocycles. The number of amides is 2. The van der Waals surface area contributed by atoms with Gasteiger partial charge in [0.05, 0.1) is 18.8 Å². The lowest BCUT2D eigenvalue weighted by molar-refractivity contribution is -0.164. The Labute approximate surface area is 201 Å². The van der Waals surface area contributed by atoms with Gasteiger partial charge in [-0.15, -0.1) is 0 Å². The third kappa shape index (κ3) is 4.28. The summed E-state index contributed by atoms with van der Waals surface area (Å²) < 4.78 is 45.7. The van der Waals surface area contributed by atoms with E-state index in [0.717, 1.165) is 6.92 Å². The number of nitrogens with two attached hydrogens (primary N) is 2. The molecule has 3 aromatic heterocycles. The molecule has 11 nitrogen and oxygen atoms in total. The SMILES string of the molecule is COc1ncccc1C(=O)NCc1ccc(-c2nn(C(C)C(F)(F)F)c(N)c2C(N)=O)c2cn[nH]c12. The number of hydrogen-bond donors (Lipinski definition) is 4. The molecule has 0 aliphatic rings. The summed E-state index contributed by atoms with van der Waals surface area (Å²) in [4.78, 5) is 28.8. The number of nitrogens with one attached hydrogen (secondary N) is 2. The summed E-state index contributed by atoms with van der Waals surface area (Å²) in [7, 11) is 1.40. The fourth-order valence-corrected chi connectivity index (χ4v) is 3.76. The average Bonchev–Trinajstić information content (AvgIpc) is 3.46. The number of benzene rings is 1. The van der Waals surface area contributed by atoms with Crippen LogP contribution in [-0.4, -0.2) is 50.1 Å². The molecule has 0 spiro atoms. The van der Waals surface area contributed by atoms with Crippen molar-refractivity contribution in [1.29, 1.82) is 0 Å². The lowest BCUT2D eigenvalue weighted by Gasteiger charge is -2.17. The first-order valence-corrected chi connectivity index (χ1v) is 10.5. The Morgan fingerprint density at radius 3 is 2.69 bits per heavy atom. The van der Waals surface area contributed by atoms with Gasteiger partial charge < -0.3 is 21.5 Å². The van der Waals surface area contributed by atoms with Gasteiger partial charge in [0.25, 0.3) is 11.8 Å². The Balaban J connectivity index is 1.72. The van der Waals surface area contributed by atoms with Crippen molar-refractivity contribution in [1.82, 2.24) is 30.3 Å². The molecule has 0 bridgehead atoms. The maximum absolute atomic E-state index is 13.3. The molecule has 0 radical (unpaired) electrons. The number of alkyl halides is 3. The van der Waals surface area contributed by atoms with Crippen LogP contribution in [0.25, 0.3) is 22.2 Å². The summed E-state index contributed by atoms with van der Waals surface area (Å²) in [6.07, 6.45) is -1.74. The van der Waals surface area contributed by atoms with Gasteiger partial charge in [-0.25, -0.2) is 9.67 Å². The van der Waals surface area contributed by atoms with Crippen LogP contribution in [0.5, 0.6) is 5.88 Å². The number of fused-ring (bicyclic) bond motifs is 1. The van der Waals surface area contributed by atoms with E-state index in [9.17, 15) is 22.8 Å². The second kappa shape index (κ2) is 9.20. The zero-order chi connectivity index (χ0) is 26.2. The van der Waals surface area contributed by atoms with Gasteiger partial charge in [-0.2, -0.15) is 23.4 Å². The smallest absolute Gasteiger partial charge is 0.410 e. The molecule has 1 aromatic carbocycles. The molecule has 0 fully saturated rings. The highest BCUT2D eigenvalue weighted by molar-refractivity contribution is 6.07. The fraction of sp³-hybridized carbons (Fsp3) is 0.227. The summed E-state index contributed by atoms with van der Waals surface area (Å²) in [6, 6.07) is 4.22. The Bertz CT molecular complexity index is 1460. The topological polar surface area (TPSA) is 167 Å². The van der Waals surface area contributed by atoms with Gasteiger partial charge in [0, 0.05) is 23.7 Å². The molecule has 0 saturated carbocycles. The molecule has 36 heavy (non-hydrogen) atoms. The molecule has 14 heteroatoms. The number of nitrogens with zero attached hydrogens (tertiary/aromatic N) is 4. The summed E-state index contributed by atoms with van der Waals surface area (Å²) in [6.45, 7) is 0.939. The van der Waals surface area contributed by atoms with E-state index < -0.39 is 29.9 Å². The normalized spacial score (nSPS) is 12.5. The number of nitrogen functional groups attached to an aromatic ring is 1. The van der Waals surface area contributed by atoms with Crippen molar-refractivity contribution in [2.24, 2.45) is 5.73 Å². The van der Waals surface area contributed by atoms with Gasteiger partial charge in [0.2, 0.25) is 5.88 Å². The van der Waals surface area contributed by atoms with Crippen LogP contribution in [0.4, 0.5) is 19.0 Å². The predicted molar refractivity (Wildman–Crippen MR) is 123 cm³/mol. The number of anilines is 1. The first kappa shape index (κ1) is 24.5. The number of H-pyrrole nitrogens is 1. The van der Waals surface area contributed by atoms with Crippen molar-refractivity contribution in [3.05, 3.63) is 53.3 Å². The minimum Gasteiger partial charge on any atom is -0.480 e. The number of ether oxygens (including phenoxy) is 1. The standard InChI is InChI=1S/C22H21F3N8O3/c1-10(22(23,24)25)33-18(26)15(19(27)34)17(32-33)12-6-5-11(16-14(12)9-30-31-16)8-29-20(35)13-4-3-7-28-21(13)36-2/h3-7,9-10H,8,26H2,1-2H3,(H2,27,34)(H,29,35)(H,30,31). The molecule has 0 aliphatic carbocycles. The molecule has 1 atom stereocenters. The molecule has 0 aliphatic heterocycles. The molecular weight excluding hydrogens is 481 g/mol. The highest BCUT2D eigenvalue weighted by atomic mass is 19.4. The first-order valence-electron chi connectivity index (χ1n) is 10.5. The molecular formula is C22H21F3N8O3. The second-order valence-electron chi connectivity index (χ2n) is 7.81. The maximum Gasteiger partial charge on any atom is 0.410 e. The summed E-state index contributed by atoms with van der Waals surface area (Å²) in [5, 5.41) is 14.0. The van der Waals surface area contributed by atoms with Crippen molar-refractivity contribution >= 4 is 28.5 Å². The number of carbonyl (C=O) groups excluding carboxylic acids is 2. The van der Waals surface area contributed by atoms with Crippen LogP contribution in [0, 0.1) is 0 Å². The third-order valence-electron chi connectivity index (χ3n) is 5.64. The van der Waals surface area contributed by atoms with Crippen LogP contribution in [0.15, 0.2) is 36.7 Å². The van der Waals surface area contributed by atoms with Crippen LogP contribution >= 0.6 is 0 Å². The van der Waals surface area contributed by atoms with E-state index in [1.807, 2.05) is 0 Å². The van der Waals surface area contributed by atoms with Gasteiger partial charge in [0.1, 0.15) is 28.7 Å². The van der Waals surface area contributed by atoms with E-state index in [1.54, 1.807) is 24.3 Å². The van der Waals surface area contributed by atoms with E-state index in [2.05, 4.69) is 25.6 Å². The van der Waals surface area contributed by atoms with Crippen molar-refractivity contribution in [3.63, 3.8) is 0 Å². The average molecular weight is 502 g/mol. The number of primary amides is 1. The van der Waals surface area contributed by atoms with Crippen LogP contribution < -0.4 is 21.5 Å². The van der Waals surface area contributed by atoms with Crippen molar-refractivity contribution in [3.8, 4) is 17.1 Å². The lowest BCUT2D eigenvalue weighted by Crippen LogP contribution is -2.26. The molecule has 188 valence electrons. The second-order valence-corrected chi connectivity index (χ2v) is 7.81. The van der Waals surface area contributed by atoms with Crippen LogP contribution in [0.1, 0.15) is 39.2 Å². The van der Waals surface area contributed by atoms with E-state index in [4.69, 9.17) is 16.2 Å². The fourth-order valence-electron chi connectivity index (χ4n) is 3.76. The molecule has 4 rings (SSSR count). The molecule has 4 aromatic rings. The van der Waals surface area contributed by atoms with E-state index in [1.165, 1.54) is 19.5 Å². The van der Waals surface area contributed by atoms with Gasteiger partial charge in [-0.3, -0.25) is 14.7 Å². The number of methoxy groups -OCH3 is 1. The number of pyridine rings is 1. The summed E-state index contributed by atoms with van der Waals surface area (Å²) in [5.74, 6) is -1.79. The Kier molecular flexibility index (Phi) is 6.26. The van der Waals surface area contributed by atoms with Gasteiger partial charge in [0.15, 0.2) is 0 Å². The Hall–Kier alpha value is -4.62. The molecule has 2 amide bonds. The van der Waals surface area contributed by atoms with E-state index in [0.29, 0.717) is 21.1 Å². The minimum absolute atomic E-state index is 0.0697. The highest BCUT2D eigenvalue weighted by Gasteiger charge is 2.40. The number of halogens is 3. The maximum atomic E-state index is 13.3. The lowest BCUT2D eigenvalue weighted by atomic mass is 10.0. The quantitative estimate of drug-likeness (QED) is 0.301. The van der Waals surface area contributed by atoms with Crippen molar-refractivity contribution < 1.29 is 27.5 Å². The largest absolute Gasteiger partial charge is 0.480 e. The van der Waals surface area contributed by atoms with Crippen LogP contribution in [-0.2, 0) is 6.54 Å². The number of hydrogen-bond acceptors (Lipinski definition) is 7. The third-order valence-corrected chi connectivity index (χ3v) is 5.64. The van der Waals surface area contributed by atoms with Gasteiger partial charge >= 0.3 is 6.18 Å². The zero-order valence-electron chi connectivity index (χ0n) is 19.1. The van der Waals surface area contributed by atoms with Crippen LogP contribution in [0.3, 0.4) is 0 Å². The molecule has 0 saturated heterocycles. The van der Waals surface area contributed by atoms with Gasteiger partial charge in [-0.05, 0) is 24.6 Å². The van der Waals surface area contributed by atoms with Crippen LogP contribution in [0.2, 0.25) is 0 Å². The molecule has 1 unspecified atom stereocenters. The summed E-state index contributed by atoms with van der Waals surface area (Å²) >= 11 is 0. The number of rotatable bonds is 7. The Morgan fingerprint density at radius 1 is 1.28 bits per heavy atom. The zero-order valence-corrected chi connectivity index (χ0v) is 19.1. The minimum atomic E-state index is -4.66. The Morgan fingerprint density at radius 2 is 2.03 bits per heavy atom. The predicted octanol–water partition coefficient (Wildman–Crippen LogP) is 2.56. The van der Waals surface area contributed by atoms with Gasteiger partial charge in [-0.1, -0.05) is 12.1 Å². The monoisotopic (exact) mass is 502 g/mol. The first-order chi connectivity index (χ1) is 17.0. The molecule has 6 N–H and O–H groups in total. The number of carbonyl (C=O) groups is 2.